The van der Waals surface area contributed by atoms with E-state index < -0.39 is 11.7 Å². The normalized spacial score (nSPS) is 10.9. The highest BCUT2D eigenvalue weighted by atomic mass is 35.5. The van der Waals surface area contributed by atoms with Gasteiger partial charge in [-0.25, -0.2) is 18.8 Å². The minimum absolute atomic E-state index is 0.00185. The molecule has 0 spiro atoms. The lowest BCUT2D eigenvalue weighted by molar-refractivity contribution is 0.297. The third-order valence-corrected chi connectivity index (χ3v) is 4.16. The Labute approximate surface area is 166 Å². The van der Waals surface area contributed by atoms with Gasteiger partial charge in [-0.1, -0.05) is 22.8 Å². The van der Waals surface area contributed by atoms with Gasteiger partial charge in [0, 0.05) is 6.20 Å². The molecule has 146 valence electrons. The summed E-state index contributed by atoms with van der Waals surface area (Å²) >= 11 is 5.73. The summed E-state index contributed by atoms with van der Waals surface area (Å²) in [6, 6.07) is 8.77. The van der Waals surface area contributed by atoms with Crippen LogP contribution in [-0.2, 0) is 6.54 Å². The van der Waals surface area contributed by atoms with Crippen molar-refractivity contribution in [1.82, 2.24) is 35.5 Å². The molecule has 0 unspecified atom stereocenters. The Morgan fingerprint density at radius 3 is 2.90 bits per heavy atom. The zero-order chi connectivity index (χ0) is 20.4. The van der Waals surface area contributed by atoms with E-state index in [0.29, 0.717) is 16.6 Å². The van der Waals surface area contributed by atoms with Crippen molar-refractivity contribution in [2.24, 2.45) is 0 Å². The molecule has 0 fully saturated rings. The molecule has 11 nitrogen and oxygen atoms in total. The topological polar surface area (TPSA) is 143 Å². The molecule has 0 aliphatic rings. The van der Waals surface area contributed by atoms with E-state index in [4.69, 9.17) is 21.6 Å². The minimum atomic E-state index is -0.653. The molecule has 4 aromatic rings. The highest BCUT2D eigenvalue weighted by Gasteiger charge is 2.23. The molecule has 0 saturated heterocycles. The van der Waals surface area contributed by atoms with Crippen molar-refractivity contribution in [3.05, 3.63) is 64.8 Å². The number of aromatic nitrogens is 7. The van der Waals surface area contributed by atoms with Crippen LogP contribution in [0.1, 0.15) is 11.4 Å². The second-order valence-corrected chi connectivity index (χ2v) is 6.10. The van der Waals surface area contributed by atoms with Gasteiger partial charge in [-0.3, -0.25) is 15.6 Å². The van der Waals surface area contributed by atoms with Crippen molar-refractivity contribution in [1.29, 1.82) is 5.41 Å². The molecule has 2 N–H and O–H groups in total. The smallest absolute Gasteiger partial charge is 0.201 e. The molecular formula is C16H11ClFN9O2. The van der Waals surface area contributed by atoms with Crippen molar-refractivity contribution in [3.8, 4) is 11.5 Å². The van der Waals surface area contributed by atoms with E-state index in [1.807, 2.05) is 0 Å². The van der Waals surface area contributed by atoms with Crippen molar-refractivity contribution in [3.63, 3.8) is 0 Å². The summed E-state index contributed by atoms with van der Waals surface area (Å²) in [5.74, 6) is -0.742. The molecular weight excluding hydrogens is 405 g/mol. The third-order valence-electron chi connectivity index (χ3n) is 3.87. The lowest BCUT2D eigenvalue weighted by Crippen LogP contribution is -2.28. The quantitative estimate of drug-likeness (QED) is 0.284. The van der Waals surface area contributed by atoms with Crippen LogP contribution in [0.4, 0.5) is 10.1 Å². The van der Waals surface area contributed by atoms with E-state index in [2.05, 4.69) is 30.8 Å². The van der Waals surface area contributed by atoms with E-state index in [1.54, 1.807) is 24.4 Å². The number of pyridine rings is 1. The second-order valence-electron chi connectivity index (χ2n) is 5.69. The Kier molecular flexibility index (Phi) is 4.93. The number of nitrogens with zero attached hydrogens (tertiary/aromatic N) is 8. The van der Waals surface area contributed by atoms with E-state index in [-0.39, 0.29) is 28.6 Å². The summed E-state index contributed by atoms with van der Waals surface area (Å²) in [5, 5.41) is 37.7. The molecule has 0 saturated carbocycles. The average Bonchev–Trinajstić information content (AvgIpc) is 3.39. The van der Waals surface area contributed by atoms with Crippen LogP contribution >= 0.6 is 11.6 Å². The molecule has 1 aromatic carbocycles. The zero-order valence-corrected chi connectivity index (χ0v) is 15.2. The van der Waals surface area contributed by atoms with Gasteiger partial charge in [0.15, 0.2) is 11.5 Å². The van der Waals surface area contributed by atoms with Crippen LogP contribution in [-0.4, -0.2) is 46.5 Å². The van der Waals surface area contributed by atoms with Gasteiger partial charge in [-0.15, -0.1) is 5.10 Å². The van der Waals surface area contributed by atoms with Gasteiger partial charge >= 0.3 is 0 Å². The molecule has 3 aromatic heterocycles. The van der Waals surface area contributed by atoms with Gasteiger partial charge in [0.1, 0.15) is 17.2 Å². The Balaban J connectivity index is 1.60. The summed E-state index contributed by atoms with van der Waals surface area (Å²) in [4.78, 5) is 4.20. The molecule has 0 atom stereocenters. The van der Waals surface area contributed by atoms with Gasteiger partial charge < -0.3 is 0 Å². The lowest BCUT2D eigenvalue weighted by Gasteiger charge is -2.16. The van der Waals surface area contributed by atoms with Crippen LogP contribution in [0, 0.1) is 11.2 Å². The molecule has 3 heterocycles. The molecule has 0 radical (unpaired) electrons. The predicted octanol–water partition coefficient (Wildman–Crippen LogP) is 2.18. The Hall–Kier alpha value is -3.77. The maximum absolute atomic E-state index is 13.3. The molecule has 13 heteroatoms. The predicted molar refractivity (Wildman–Crippen MR) is 97.0 cm³/mol. The van der Waals surface area contributed by atoms with Gasteiger partial charge in [-0.05, 0) is 45.9 Å². The first-order chi connectivity index (χ1) is 14.0. The fourth-order valence-electron chi connectivity index (χ4n) is 2.47. The summed E-state index contributed by atoms with van der Waals surface area (Å²) < 4.78 is 19.5. The highest BCUT2D eigenvalue weighted by molar-refractivity contribution is 6.31. The van der Waals surface area contributed by atoms with Crippen molar-refractivity contribution >= 4 is 23.1 Å². The van der Waals surface area contributed by atoms with Crippen LogP contribution in [0.5, 0.6) is 0 Å². The first kappa shape index (κ1) is 18.6. The number of hydrogen-bond acceptors (Lipinski definition) is 9. The van der Waals surface area contributed by atoms with E-state index in [9.17, 15) is 9.60 Å². The summed E-state index contributed by atoms with van der Waals surface area (Å²) in [6.07, 6.45) is 1.60. The maximum atomic E-state index is 13.3. The van der Waals surface area contributed by atoms with Gasteiger partial charge in [0.05, 0.1) is 17.3 Å². The number of hydroxylamine groups is 1. The maximum Gasteiger partial charge on any atom is 0.201 e. The molecule has 0 amide bonds. The van der Waals surface area contributed by atoms with Crippen molar-refractivity contribution in [2.45, 2.75) is 6.54 Å². The molecule has 0 aliphatic carbocycles. The Morgan fingerprint density at radius 2 is 2.14 bits per heavy atom. The SMILES string of the molecule is N=C(c1nonc1Cn1nnnc1-c1ccccn1)N(O)c1ccc(F)c(Cl)c1. The summed E-state index contributed by atoms with van der Waals surface area (Å²) in [5.41, 5.74) is 0.726. The van der Waals surface area contributed by atoms with E-state index in [1.165, 1.54) is 16.8 Å². The Bertz CT molecular complexity index is 1160. The second kappa shape index (κ2) is 7.69. The molecule has 4 rings (SSSR count). The molecule has 29 heavy (non-hydrogen) atoms. The van der Waals surface area contributed by atoms with E-state index >= 15 is 0 Å². The Morgan fingerprint density at radius 1 is 1.28 bits per heavy atom. The largest absolute Gasteiger partial charge is 0.282 e. The standard InChI is InChI=1S/C16H11ClFN9O2/c17-10-7-9(4-5-11(10)18)27(28)15(19)14-13(22-29-23-14)8-26-16(21-24-25-26)12-3-1-2-6-20-12/h1-7,19,28H,8H2. The molecule has 0 bridgehead atoms. The number of hydrogen-bond donors (Lipinski definition) is 2. The van der Waals surface area contributed by atoms with Crippen LogP contribution < -0.4 is 5.06 Å². The fraction of sp³-hybridized carbons (Fsp3) is 0.0625. The number of benzene rings is 1. The zero-order valence-electron chi connectivity index (χ0n) is 14.4. The lowest BCUT2D eigenvalue weighted by atomic mass is 10.2. The number of anilines is 1. The number of tetrazole rings is 1. The number of amidine groups is 1. The summed E-state index contributed by atoms with van der Waals surface area (Å²) in [7, 11) is 0. The average molecular weight is 416 g/mol. The van der Waals surface area contributed by atoms with Crippen LogP contribution in [0.3, 0.4) is 0 Å². The van der Waals surface area contributed by atoms with E-state index in [0.717, 1.165) is 6.07 Å². The van der Waals surface area contributed by atoms with Crippen LogP contribution in [0.15, 0.2) is 47.2 Å². The first-order valence-corrected chi connectivity index (χ1v) is 8.44. The van der Waals surface area contributed by atoms with Gasteiger partial charge in [0.25, 0.3) is 0 Å². The van der Waals surface area contributed by atoms with Gasteiger partial charge in [-0.2, -0.15) is 0 Å². The van der Waals surface area contributed by atoms with Crippen LogP contribution in [0.25, 0.3) is 11.5 Å². The van der Waals surface area contributed by atoms with Crippen molar-refractivity contribution < 1.29 is 14.2 Å². The number of rotatable bonds is 5. The monoisotopic (exact) mass is 415 g/mol. The molecule has 0 aliphatic heterocycles. The number of halogens is 2. The number of nitrogens with one attached hydrogen (secondary N) is 1. The summed E-state index contributed by atoms with van der Waals surface area (Å²) in [6.45, 7) is -0.00185. The van der Waals surface area contributed by atoms with Crippen LogP contribution in [0.2, 0.25) is 5.02 Å². The first-order valence-electron chi connectivity index (χ1n) is 8.06. The van der Waals surface area contributed by atoms with Crippen molar-refractivity contribution in [2.75, 3.05) is 5.06 Å². The highest BCUT2D eigenvalue weighted by Crippen LogP contribution is 2.23. The van der Waals surface area contributed by atoms with Gasteiger partial charge in [0.2, 0.25) is 5.82 Å². The minimum Gasteiger partial charge on any atom is -0.282 e. The third kappa shape index (κ3) is 3.66. The fourth-order valence-corrected chi connectivity index (χ4v) is 2.64.